The zero-order valence-corrected chi connectivity index (χ0v) is 13.3. The minimum absolute atomic E-state index is 0.384. The highest BCUT2D eigenvalue weighted by Crippen LogP contribution is 2.35. The molecule has 0 bridgehead atoms. The number of methoxy groups -OCH3 is 2. The Bertz CT molecular complexity index is 613. The summed E-state index contributed by atoms with van der Waals surface area (Å²) >= 11 is 5.33. The molecule has 0 aliphatic carbocycles. The van der Waals surface area contributed by atoms with Crippen molar-refractivity contribution in [2.24, 2.45) is 0 Å². The Hall–Kier alpha value is -2.08. The van der Waals surface area contributed by atoms with Crippen molar-refractivity contribution in [3.05, 3.63) is 41.1 Å². The summed E-state index contributed by atoms with van der Waals surface area (Å²) in [5.74, 6) is 0.307. The number of esters is 1. The quantitative estimate of drug-likeness (QED) is 0.681. The van der Waals surface area contributed by atoms with E-state index in [4.69, 9.17) is 21.7 Å². The smallest absolute Gasteiger partial charge is 0.337 e. The van der Waals surface area contributed by atoms with Crippen molar-refractivity contribution in [2.75, 3.05) is 21.3 Å². The average Bonchev–Trinajstić information content (AvgIpc) is 2.51. The number of para-hydroxylation sites is 1. The highest BCUT2D eigenvalue weighted by atomic mass is 32.1. The van der Waals surface area contributed by atoms with E-state index in [0.717, 1.165) is 11.3 Å². The van der Waals surface area contributed by atoms with Crippen molar-refractivity contribution in [3.8, 4) is 5.75 Å². The third-order valence-corrected chi connectivity index (χ3v) is 4.00. The van der Waals surface area contributed by atoms with Crippen molar-refractivity contribution in [3.63, 3.8) is 0 Å². The first-order chi connectivity index (χ1) is 10.0. The molecule has 1 N–H and O–H groups in total. The number of benzene rings is 1. The molecule has 0 radical (unpaired) electrons. The predicted octanol–water partition coefficient (Wildman–Crippen LogP) is 2.00. The molecule has 21 heavy (non-hydrogen) atoms. The number of allylic oxidation sites excluding steroid dienone is 1. The molecule has 112 valence electrons. The Morgan fingerprint density at radius 2 is 2.00 bits per heavy atom. The fourth-order valence-corrected chi connectivity index (χ4v) is 2.60. The lowest BCUT2D eigenvalue weighted by Crippen LogP contribution is -2.46. The van der Waals surface area contributed by atoms with Gasteiger partial charge in [-0.15, -0.1) is 0 Å². The number of rotatable bonds is 3. The van der Waals surface area contributed by atoms with Crippen molar-refractivity contribution >= 4 is 23.3 Å². The number of nitrogens with one attached hydrogen (secondary N) is 1. The second kappa shape index (κ2) is 6.13. The van der Waals surface area contributed by atoms with Crippen molar-refractivity contribution in [1.82, 2.24) is 10.2 Å². The minimum atomic E-state index is -0.391. The van der Waals surface area contributed by atoms with Gasteiger partial charge in [0.1, 0.15) is 5.75 Å². The van der Waals surface area contributed by atoms with Gasteiger partial charge in [-0.05, 0) is 25.2 Å². The van der Waals surface area contributed by atoms with Crippen LogP contribution in [0.15, 0.2) is 35.5 Å². The van der Waals surface area contributed by atoms with Gasteiger partial charge < -0.3 is 19.7 Å². The summed E-state index contributed by atoms with van der Waals surface area (Å²) in [5, 5.41) is 3.72. The molecule has 0 saturated carbocycles. The summed E-state index contributed by atoms with van der Waals surface area (Å²) in [4.78, 5) is 13.9. The number of carbonyl (C=O) groups is 1. The maximum atomic E-state index is 12.2. The number of nitrogens with zero attached hydrogens (tertiary/aromatic N) is 1. The molecule has 1 aliphatic rings. The van der Waals surface area contributed by atoms with Gasteiger partial charge in [-0.3, -0.25) is 0 Å². The zero-order valence-electron chi connectivity index (χ0n) is 12.5. The third kappa shape index (κ3) is 2.71. The van der Waals surface area contributed by atoms with Crippen LogP contribution in [-0.4, -0.2) is 37.2 Å². The monoisotopic (exact) mass is 306 g/mol. The van der Waals surface area contributed by atoms with E-state index in [1.165, 1.54) is 7.11 Å². The fraction of sp³-hybridized carbons (Fsp3) is 0.333. The van der Waals surface area contributed by atoms with Crippen LogP contribution in [0.25, 0.3) is 0 Å². The first kappa shape index (κ1) is 15.3. The van der Waals surface area contributed by atoms with E-state index in [-0.39, 0.29) is 5.97 Å². The van der Waals surface area contributed by atoms with Crippen molar-refractivity contribution in [2.45, 2.75) is 13.0 Å². The fourth-order valence-electron chi connectivity index (χ4n) is 2.35. The molecule has 1 aromatic carbocycles. The van der Waals surface area contributed by atoms with E-state index < -0.39 is 6.04 Å². The van der Waals surface area contributed by atoms with Gasteiger partial charge in [0, 0.05) is 18.3 Å². The second-order valence-electron chi connectivity index (χ2n) is 4.67. The molecule has 2 rings (SSSR count). The lowest BCUT2D eigenvalue weighted by atomic mass is 9.94. The maximum absolute atomic E-state index is 12.2. The maximum Gasteiger partial charge on any atom is 0.337 e. The Morgan fingerprint density at radius 1 is 1.33 bits per heavy atom. The summed E-state index contributed by atoms with van der Waals surface area (Å²) < 4.78 is 10.3. The molecule has 0 aromatic heterocycles. The molecule has 1 atom stereocenters. The molecule has 0 fully saturated rings. The Balaban J connectivity index is 2.59. The van der Waals surface area contributed by atoms with E-state index in [9.17, 15) is 4.79 Å². The average molecular weight is 306 g/mol. The van der Waals surface area contributed by atoms with Gasteiger partial charge in [0.2, 0.25) is 0 Å². The van der Waals surface area contributed by atoms with E-state index in [1.54, 1.807) is 12.0 Å². The first-order valence-electron chi connectivity index (χ1n) is 6.47. The van der Waals surface area contributed by atoms with Crippen LogP contribution in [-0.2, 0) is 9.53 Å². The second-order valence-corrected chi connectivity index (χ2v) is 5.06. The summed E-state index contributed by atoms with van der Waals surface area (Å²) in [5.41, 5.74) is 2.13. The molecule has 0 unspecified atom stereocenters. The van der Waals surface area contributed by atoms with E-state index in [0.29, 0.717) is 16.4 Å². The van der Waals surface area contributed by atoms with Gasteiger partial charge in [-0.2, -0.15) is 0 Å². The molecular weight excluding hydrogens is 288 g/mol. The van der Waals surface area contributed by atoms with Gasteiger partial charge >= 0.3 is 5.97 Å². The molecule has 5 nitrogen and oxygen atoms in total. The highest BCUT2D eigenvalue weighted by Gasteiger charge is 2.34. The predicted molar refractivity (Wildman–Crippen MR) is 83.9 cm³/mol. The largest absolute Gasteiger partial charge is 0.496 e. The van der Waals surface area contributed by atoms with Crippen molar-refractivity contribution < 1.29 is 14.3 Å². The number of carbonyl (C=O) groups excluding carboxylic acids is 1. The molecule has 1 aliphatic heterocycles. The summed E-state index contributed by atoms with van der Waals surface area (Å²) in [6.45, 7) is 1.85. The molecule has 0 saturated heterocycles. The highest BCUT2D eigenvalue weighted by molar-refractivity contribution is 7.80. The van der Waals surface area contributed by atoms with E-state index in [1.807, 2.05) is 38.2 Å². The summed E-state index contributed by atoms with van der Waals surface area (Å²) in [6, 6.07) is 7.13. The van der Waals surface area contributed by atoms with Crippen LogP contribution in [0, 0.1) is 0 Å². The van der Waals surface area contributed by atoms with Crippen LogP contribution in [0.1, 0.15) is 18.5 Å². The molecule has 0 spiro atoms. The van der Waals surface area contributed by atoms with Gasteiger partial charge in [-0.25, -0.2) is 4.79 Å². The zero-order chi connectivity index (χ0) is 15.6. The van der Waals surface area contributed by atoms with Gasteiger partial charge in [0.25, 0.3) is 0 Å². The third-order valence-electron chi connectivity index (χ3n) is 3.61. The molecular formula is C15H18N2O3S. The number of hydrogen-bond acceptors (Lipinski definition) is 4. The van der Waals surface area contributed by atoms with Gasteiger partial charge in [-0.1, -0.05) is 18.2 Å². The van der Waals surface area contributed by atoms with Crippen LogP contribution in [0.2, 0.25) is 0 Å². The van der Waals surface area contributed by atoms with Gasteiger partial charge in [0.05, 0.1) is 25.8 Å². The first-order valence-corrected chi connectivity index (χ1v) is 6.88. The molecule has 0 amide bonds. The van der Waals surface area contributed by atoms with Crippen LogP contribution >= 0.6 is 12.2 Å². The number of ether oxygens (including phenoxy) is 2. The van der Waals surface area contributed by atoms with E-state index >= 15 is 0 Å². The van der Waals surface area contributed by atoms with Crippen LogP contribution < -0.4 is 10.1 Å². The number of hydrogen-bond donors (Lipinski definition) is 1. The Morgan fingerprint density at radius 3 is 2.62 bits per heavy atom. The number of thiocarbonyl (C=S) groups is 1. The van der Waals surface area contributed by atoms with E-state index in [2.05, 4.69) is 5.32 Å². The Labute approximate surface area is 129 Å². The minimum Gasteiger partial charge on any atom is -0.496 e. The standard InChI is InChI=1S/C15H18N2O3S/c1-9-12(14(18)20-4)13(16-15(21)17(9)2)10-7-5-6-8-11(10)19-3/h5-8,13H,1-4H3,(H,16,21)/t13-/m0/s1. The summed E-state index contributed by atoms with van der Waals surface area (Å²) in [7, 11) is 4.78. The lowest BCUT2D eigenvalue weighted by molar-refractivity contribution is -0.136. The van der Waals surface area contributed by atoms with Crippen LogP contribution in [0.5, 0.6) is 5.75 Å². The molecule has 6 heteroatoms. The molecule has 1 heterocycles. The molecule has 1 aromatic rings. The Kier molecular flexibility index (Phi) is 4.47. The topological polar surface area (TPSA) is 50.8 Å². The van der Waals surface area contributed by atoms with Crippen molar-refractivity contribution in [1.29, 1.82) is 0 Å². The summed E-state index contributed by atoms with van der Waals surface area (Å²) in [6.07, 6.45) is 0. The van der Waals surface area contributed by atoms with Crippen LogP contribution in [0.4, 0.5) is 0 Å². The lowest BCUT2D eigenvalue weighted by Gasteiger charge is -2.35. The van der Waals surface area contributed by atoms with Crippen LogP contribution in [0.3, 0.4) is 0 Å². The normalized spacial score (nSPS) is 18.4. The SMILES string of the molecule is COC(=O)C1=C(C)N(C)C(=S)N[C@H]1c1ccccc1OC. The van der Waals surface area contributed by atoms with Gasteiger partial charge in [0.15, 0.2) is 5.11 Å².